The molecule has 0 radical (unpaired) electrons. The Hall–Kier alpha value is -3.06. The van der Waals surface area contributed by atoms with Crippen molar-refractivity contribution in [2.45, 2.75) is 6.10 Å². The maximum Gasteiger partial charge on any atom is 0.258 e. The number of ether oxygens (including phenoxy) is 3. The summed E-state index contributed by atoms with van der Waals surface area (Å²) in [5, 5.41) is 2.61. The van der Waals surface area contributed by atoms with E-state index in [1.807, 2.05) is 36.4 Å². The van der Waals surface area contributed by atoms with E-state index in [9.17, 15) is 9.59 Å². The van der Waals surface area contributed by atoms with Crippen molar-refractivity contribution in [3.05, 3.63) is 60.2 Å². The van der Waals surface area contributed by atoms with E-state index in [2.05, 4.69) is 5.32 Å². The van der Waals surface area contributed by atoms with Gasteiger partial charge in [-0.2, -0.15) is 0 Å². The molecule has 0 unspecified atom stereocenters. The Bertz CT molecular complexity index is 796. The number of benzene rings is 2. The van der Waals surface area contributed by atoms with Crippen LogP contribution in [0.3, 0.4) is 0 Å². The van der Waals surface area contributed by atoms with Gasteiger partial charge in [0, 0.05) is 6.54 Å². The van der Waals surface area contributed by atoms with Crippen LogP contribution in [0.25, 0.3) is 0 Å². The van der Waals surface area contributed by atoms with Crippen molar-refractivity contribution < 1.29 is 23.8 Å². The van der Waals surface area contributed by atoms with Crippen molar-refractivity contribution in [2.75, 3.05) is 40.0 Å². The summed E-state index contributed by atoms with van der Waals surface area (Å²) < 4.78 is 16.4. The number of nitrogens with one attached hydrogen (secondary N) is 1. The fourth-order valence-electron chi connectivity index (χ4n) is 2.96. The highest BCUT2D eigenvalue weighted by molar-refractivity contribution is 5.85. The van der Waals surface area contributed by atoms with Gasteiger partial charge in [0.1, 0.15) is 6.10 Å². The van der Waals surface area contributed by atoms with Gasteiger partial charge >= 0.3 is 0 Å². The zero-order valence-electron chi connectivity index (χ0n) is 15.8. The Kier molecular flexibility index (Phi) is 6.86. The minimum absolute atomic E-state index is 0.0738. The normalized spacial score (nSPS) is 16.3. The minimum Gasteiger partial charge on any atom is -0.493 e. The lowest BCUT2D eigenvalue weighted by molar-refractivity contribution is -0.139. The van der Waals surface area contributed by atoms with Crippen molar-refractivity contribution in [2.24, 2.45) is 0 Å². The number of amides is 2. The first-order valence-electron chi connectivity index (χ1n) is 9.14. The van der Waals surface area contributed by atoms with E-state index in [1.165, 1.54) is 7.11 Å². The number of hydrogen-bond donors (Lipinski definition) is 1. The van der Waals surface area contributed by atoms with Crippen molar-refractivity contribution >= 4 is 11.8 Å². The van der Waals surface area contributed by atoms with Gasteiger partial charge in [0.2, 0.25) is 5.91 Å². The fourth-order valence-corrected chi connectivity index (χ4v) is 2.96. The number of methoxy groups -OCH3 is 1. The van der Waals surface area contributed by atoms with Crippen LogP contribution < -0.4 is 14.8 Å². The summed E-state index contributed by atoms with van der Waals surface area (Å²) in [5.74, 6) is 0.513. The predicted molar refractivity (Wildman–Crippen MR) is 103 cm³/mol. The molecule has 7 nitrogen and oxygen atoms in total. The van der Waals surface area contributed by atoms with E-state index >= 15 is 0 Å². The van der Waals surface area contributed by atoms with Crippen LogP contribution in [-0.4, -0.2) is 56.7 Å². The highest BCUT2D eigenvalue weighted by atomic mass is 16.5. The number of rotatable bonds is 7. The summed E-state index contributed by atoms with van der Waals surface area (Å²) in [6, 6.07) is 16.9. The van der Waals surface area contributed by atoms with Gasteiger partial charge in [-0.3, -0.25) is 9.59 Å². The molecule has 1 heterocycles. The monoisotopic (exact) mass is 384 g/mol. The molecule has 2 aromatic rings. The zero-order chi connectivity index (χ0) is 19.8. The zero-order valence-corrected chi connectivity index (χ0v) is 15.8. The second kappa shape index (κ2) is 9.75. The predicted octanol–water partition coefficient (Wildman–Crippen LogP) is 1.79. The van der Waals surface area contributed by atoms with E-state index < -0.39 is 0 Å². The Labute approximate surface area is 164 Å². The Morgan fingerprint density at radius 2 is 1.82 bits per heavy atom. The van der Waals surface area contributed by atoms with Crippen molar-refractivity contribution in [3.63, 3.8) is 0 Å². The van der Waals surface area contributed by atoms with Crippen LogP contribution >= 0.6 is 0 Å². The van der Waals surface area contributed by atoms with Crippen LogP contribution in [-0.2, 0) is 14.3 Å². The molecule has 0 aliphatic carbocycles. The van der Waals surface area contributed by atoms with Gasteiger partial charge in [-0.1, -0.05) is 42.5 Å². The third-order valence-electron chi connectivity index (χ3n) is 4.46. The molecule has 28 heavy (non-hydrogen) atoms. The average molecular weight is 384 g/mol. The fraction of sp³-hybridized carbons (Fsp3) is 0.333. The molecule has 2 amide bonds. The highest BCUT2D eigenvalue weighted by Gasteiger charge is 2.25. The number of carbonyl (C=O) groups is 2. The summed E-state index contributed by atoms with van der Waals surface area (Å²) in [6.07, 6.45) is -0.150. The molecule has 1 saturated heterocycles. The Morgan fingerprint density at radius 1 is 1.11 bits per heavy atom. The maximum atomic E-state index is 12.4. The maximum absolute atomic E-state index is 12.4. The first kappa shape index (κ1) is 19.7. The smallest absolute Gasteiger partial charge is 0.258 e. The number of para-hydroxylation sites is 2. The number of carbonyl (C=O) groups excluding carboxylic acids is 2. The first-order valence-corrected chi connectivity index (χ1v) is 9.14. The molecule has 1 N–H and O–H groups in total. The molecule has 1 aliphatic heterocycles. The molecule has 3 rings (SSSR count). The van der Waals surface area contributed by atoms with E-state index in [0.29, 0.717) is 31.2 Å². The molecule has 2 aromatic carbocycles. The molecule has 1 fully saturated rings. The summed E-state index contributed by atoms with van der Waals surface area (Å²) in [4.78, 5) is 26.2. The van der Waals surface area contributed by atoms with Crippen molar-refractivity contribution in [1.82, 2.24) is 10.2 Å². The van der Waals surface area contributed by atoms with E-state index in [1.54, 1.807) is 23.1 Å². The van der Waals surface area contributed by atoms with Crippen LogP contribution in [0.4, 0.5) is 0 Å². The summed E-state index contributed by atoms with van der Waals surface area (Å²) in [7, 11) is 1.53. The van der Waals surface area contributed by atoms with Crippen LogP contribution in [0.5, 0.6) is 11.5 Å². The highest BCUT2D eigenvalue weighted by Crippen LogP contribution is 2.25. The van der Waals surface area contributed by atoms with Gasteiger partial charge < -0.3 is 24.4 Å². The SMILES string of the molecule is COc1ccccc1OCC(=O)NCC(=O)N1CCO[C@@H](c2ccccc2)C1. The van der Waals surface area contributed by atoms with E-state index in [4.69, 9.17) is 14.2 Å². The van der Waals surface area contributed by atoms with Crippen LogP contribution in [0.15, 0.2) is 54.6 Å². The van der Waals surface area contributed by atoms with Crippen LogP contribution in [0.2, 0.25) is 0 Å². The Morgan fingerprint density at radius 3 is 2.57 bits per heavy atom. The molecule has 1 aliphatic rings. The number of nitrogens with zero attached hydrogens (tertiary/aromatic N) is 1. The number of morpholine rings is 1. The third-order valence-corrected chi connectivity index (χ3v) is 4.46. The summed E-state index contributed by atoms with van der Waals surface area (Å²) in [5.41, 5.74) is 1.04. The van der Waals surface area contributed by atoms with Gasteiger partial charge in [-0.05, 0) is 17.7 Å². The summed E-state index contributed by atoms with van der Waals surface area (Å²) >= 11 is 0. The van der Waals surface area contributed by atoms with Crippen molar-refractivity contribution in [3.8, 4) is 11.5 Å². The third kappa shape index (κ3) is 5.23. The lowest BCUT2D eigenvalue weighted by Gasteiger charge is -2.33. The topological polar surface area (TPSA) is 77.1 Å². The molecule has 148 valence electrons. The van der Waals surface area contributed by atoms with E-state index in [-0.39, 0.29) is 31.1 Å². The van der Waals surface area contributed by atoms with Gasteiger partial charge in [0.15, 0.2) is 18.1 Å². The molecule has 0 bridgehead atoms. The molecule has 0 saturated carbocycles. The quantitative estimate of drug-likeness (QED) is 0.788. The second-order valence-corrected chi connectivity index (χ2v) is 6.33. The molecular weight excluding hydrogens is 360 g/mol. The van der Waals surface area contributed by atoms with Crippen LogP contribution in [0, 0.1) is 0 Å². The van der Waals surface area contributed by atoms with Crippen LogP contribution in [0.1, 0.15) is 11.7 Å². The first-order chi connectivity index (χ1) is 13.7. The lowest BCUT2D eigenvalue weighted by Crippen LogP contribution is -2.47. The molecule has 7 heteroatoms. The molecule has 0 spiro atoms. The molecule has 0 aromatic heterocycles. The van der Waals surface area contributed by atoms with Gasteiger partial charge in [-0.25, -0.2) is 0 Å². The van der Waals surface area contributed by atoms with Gasteiger partial charge in [-0.15, -0.1) is 0 Å². The van der Waals surface area contributed by atoms with Gasteiger partial charge in [0.25, 0.3) is 5.91 Å². The standard InChI is InChI=1S/C21H24N2O5/c1-26-17-9-5-6-10-18(17)28-15-20(24)22-13-21(25)23-11-12-27-19(14-23)16-7-3-2-4-8-16/h2-10,19H,11-15H2,1H3,(H,22,24)/t19-/m1/s1. The van der Waals surface area contributed by atoms with Crippen molar-refractivity contribution in [1.29, 1.82) is 0 Å². The summed E-state index contributed by atoms with van der Waals surface area (Å²) in [6.45, 7) is 1.18. The van der Waals surface area contributed by atoms with E-state index in [0.717, 1.165) is 5.56 Å². The average Bonchev–Trinajstić information content (AvgIpc) is 2.76. The molecule has 1 atom stereocenters. The van der Waals surface area contributed by atoms with Gasteiger partial charge in [0.05, 0.1) is 26.8 Å². The second-order valence-electron chi connectivity index (χ2n) is 6.33. The Balaban J connectivity index is 1.45. The lowest BCUT2D eigenvalue weighted by atomic mass is 10.1. The number of hydrogen-bond acceptors (Lipinski definition) is 5. The largest absolute Gasteiger partial charge is 0.493 e. The minimum atomic E-state index is -0.368. The molecular formula is C21H24N2O5.